The molecule has 1 atom stereocenters. The highest BCUT2D eigenvalue weighted by atomic mass is 16.5. The number of carbonyl (C=O) groups is 1. The average Bonchev–Trinajstić information content (AvgIpc) is 3.23. The average molecular weight is 330 g/mol. The number of aryl methyl sites for hydroxylation is 1. The van der Waals surface area contributed by atoms with Crippen molar-refractivity contribution >= 4 is 5.91 Å². The van der Waals surface area contributed by atoms with Crippen molar-refractivity contribution in [1.29, 1.82) is 0 Å². The molecule has 1 aliphatic rings. The van der Waals surface area contributed by atoms with Crippen LogP contribution >= 0.6 is 0 Å². The van der Waals surface area contributed by atoms with Gasteiger partial charge in [0, 0.05) is 12.6 Å². The Morgan fingerprint density at radius 3 is 2.75 bits per heavy atom. The van der Waals surface area contributed by atoms with Crippen molar-refractivity contribution in [3.8, 4) is 11.5 Å². The molecule has 128 valence electrons. The Labute approximate surface area is 141 Å². The molecular weight excluding hydrogens is 308 g/mol. The lowest BCUT2D eigenvalue weighted by molar-refractivity contribution is -0.131. The summed E-state index contributed by atoms with van der Waals surface area (Å²) >= 11 is 0. The van der Waals surface area contributed by atoms with Crippen molar-refractivity contribution in [2.45, 2.75) is 32.2 Å². The molecule has 24 heavy (non-hydrogen) atoms. The monoisotopic (exact) mass is 330 g/mol. The Balaban J connectivity index is 1.74. The molecule has 1 aliphatic heterocycles. The van der Waals surface area contributed by atoms with E-state index in [4.69, 9.17) is 14.0 Å². The fraction of sp³-hybridized carbons (Fsp3) is 0.444. The quantitative estimate of drug-likeness (QED) is 0.843. The molecule has 1 aromatic heterocycles. The molecule has 0 N–H and O–H groups in total. The van der Waals surface area contributed by atoms with Gasteiger partial charge in [-0.1, -0.05) is 11.2 Å². The van der Waals surface area contributed by atoms with Crippen LogP contribution < -0.4 is 9.47 Å². The highest BCUT2D eigenvalue weighted by molar-refractivity contribution is 5.79. The first-order valence-electron chi connectivity index (χ1n) is 8.06. The summed E-state index contributed by atoms with van der Waals surface area (Å²) in [5, 5.41) is 3.94. The SMILES string of the molecule is COc1ccc(CC(=O)N2CCC[C@H]2c2cc(C)no2)cc1OC. The highest BCUT2D eigenvalue weighted by Crippen LogP contribution is 2.33. The molecule has 1 fully saturated rings. The third-order valence-corrected chi connectivity index (χ3v) is 4.35. The lowest BCUT2D eigenvalue weighted by Gasteiger charge is -2.23. The van der Waals surface area contributed by atoms with Crippen LogP contribution in [0.3, 0.4) is 0 Å². The maximum absolute atomic E-state index is 12.8. The van der Waals surface area contributed by atoms with Gasteiger partial charge in [-0.05, 0) is 37.5 Å². The molecule has 2 aromatic rings. The molecule has 0 unspecified atom stereocenters. The number of rotatable bonds is 5. The number of methoxy groups -OCH3 is 2. The first kappa shape index (κ1) is 16.4. The smallest absolute Gasteiger partial charge is 0.227 e. The Kier molecular flexibility index (Phi) is 4.74. The second-order valence-electron chi connectivity index (χ2n) is 5.98. The number of hydrogen-bond acceptors (Lipinski definition) is 5. The van der Waals surface area contributed by atoms with E-state index in [1.807, 2.05) is 36.1 Å². The maximum atomic E-state index is 12.8. The minimum atomic E-state index is -0.0150. The second kappa shape index (κ2) is 6.95. The first-order chi connectivity index (χ1) is 11.6. The van der Waals surface area contributed by atoms with Crippen molar-refractivity contribution < 1.29 is 18.8 Å². The van der Waals surface area contributed by atoms with Crippen LogP contribution in [0.15, 0.2) is 28.8 Å². The minimum absolute atomic E-state index is 0.0150. The summed E-state index contributed by atoms with van der Waals surface area (Å²) in [6, 6.07) is 7.46. The van der Waals surface area contributed by atoms with Crippen LogP contribution in [0.2, 0.25) is 0 Å². The van der Waals surface area contributed by atoms with Crippen LogP contribution in [-0.2, 0) is 11.2 Å². The minimum Gasteiger partial charge on any atom is -0.493 e. The number of hydrogen-bond donors (Lipinski definition) is 0. The van der Waals surface area contributed by atoms with Crippen LogP contribution in [0, 0.1) is 6.92 Å². The van der Waals surface area contributed by atoms with Gasteiger partial charge >= 0.3 is 0 Å². The van der Waals surface area contributed by atoms with E-state index in [0.717, 1.165) is 36.4 Å². The number of carbonyl (C=O) groups excluding carboxylic acids is 1. The zero-order chi connectivity index (χ0) is 17.1. The van der Waals surface area contributed by atoms with Crippen molar-refractivity contribution in [3.05, 3.63) is 41.3 Å². The van der Waals surface area contributed by atoms with Crippen molar-refractivity contribution in [2.75, 3.05) is 20.8 Å². The van der Waals surface area contributed by atoms with Crippen molar-refractivity contribution in [3.63, 3.8) is 0 Å². The standard InChI is InChI=1S/C18H22N2O4/c1-12-9-16(24-19-12)14-5-4-8-20(14)18(21)11-13-6-7-15(22-2)17(10-13)23-3/h6-7,9-10,14H,4-5,8,11H2,1-3H3/t14-/m0/s1. The zero-order valence-corrected chi connectivity index (χ0v) is 14.2. The molecule has 0 bridgehead atoms. The van der Waals surface area contributed by atoms with Gasteiger partial charge in [-0.25, -0.2) is 0 Å². The number of nitrogens with zero attached hydrogens (tertiary/aromatic N) is 2. The van der Waals surface area contributed by atoms with E-state index in [2.05, 4.69) is 5.16 Å². The van der Waals surface area contributed by atoms with Crippen LogP contribution in [-0.4, -0.2) is 36.7 Å². The van der Waals surface area contributed by atoms with Gasteiger partial charge in [0.2, 0.25) is 5.91 Å². The molecule has 3 rings (SSSR count). The van der Waals surface area contributed by atoms with E-state index in [0.29, 0.717) is 17.9 Å². The zero-order valence-electron chi connectivity index (χ0n) is 14.2. The molecule has 1 amide bonds. The van der Waals surface area contributed by atoms with Crippen LogP contribution in [0.25, 0.3) is 0 Å². The van der Waals surface area contributed by atoms with E-state index in [9.17, 15) is 4.79 Å². The molecule has 0 aliphatic carbocycles. The van der Waals surface area contributed by atoms with Gasteiger partial charge in [-0.2, -0.15) is 0 Å². The normalized spacial score (nSPS) is 17.1. The summed E-state index contributed by atoms with van der Waals surface area (Å²) in [5.41, 5.74) is 1.74. The summed E-state index contributed by atoms with van der Waals surface area (Å²) in [7, 11) is 3.18. The number of ether oxygens (including phenoxy) is 2. The van der Waals surface area contributed by atoms with Gasteiger partial charge in [0.1, 0.15) is 0 Å². The van der Waals surface area contributed by atoms with Crippen LogP contribution in [0.1, 0.15) is 35.9 Å². The number of benzene rings is 1. The second-order valence-corrected chi connectivity index (χ2v) is 5.98. The highest BCUT2D eigenvalue weighted by Gasteiger charge is 2.32. The van der Waals surface area contributed by atoms with Crippen molar-refractivity contribution in [2.24, 2.45) is 0 Å². The summed E-state index contributed by atoms with van der Waals surface area (Å²) < 4.78 is 15.9. The largest absolute Gasteiger partial charge is 0.493 e. The van der Waals surface area contributed by atoms with Gasteiger partial charge in [0.25, 0.3) is 0 Å². The van der Waals surface area contributed by atoms with Crippen LogP contribution in [0.4, 0.5) is 0 Å². The molecule has 0 saturated carbocycles. The molecule has 6 heteroatoms. The van der Waals surface area contributed by atoms with E-state index in [1.54, 1.807) is 14.2 Å². The fourth-order valence-electron chi connectivity index (χ4n) is 3.17. The molecule has 1 aromatic carbocycles. The Morgan fingerprint density at radius 2 is 2.08 bits per heavy atom. The first-order valence-corrected chi connectivity index (χ1v) is 8.06. The van der Waals surface area contributed by atoms with E-state index in [-0.39, 0.29) is 11.9 Å². The van der Waals surface area contributed by atoms with Gasteiger partial charge in [0.15, 0.2) is 17.3 Å². The summed E-state index contributed by atoms with van der Waals surface area (Å²) in [5.74, 6) is 2.14. The molecule has 0 radical (unpaired) electrons. The molecule has 2 heterocycles. The lowest BCUT2D eigenvalue weighted by atomic mass is 10.1. The Bertz CT molecular complexity index is 726. The third kappa shape index (κ3) is 3.22. The predicted molar refractivity (Wildman–Crippen MR) is 88.2 cm³/mol. The van der Waals surface area contributed by atoms with Gasteiger partial charge in [-0.3, -0.25) is 4.79 Å². The Hall–Kier alpha value is -2.50. The molecule has 0 spiro atoms. The predicted octanol–water partition coefficient (Wildman–Crippen LogP) is 2.91. The summed E-state index contributed by atoms with van der Waals surface area (Å²) in [6.45, 7) is 2.63. The summed E-state index contributed by atoms with van der Waals surface area (Å²) in [6.07, 6.45) is 2.21. The van der Waals surface area contributed by atoms with E-state index in [1.165, 1.54) is 0 Å². The fourth-order valence-corrected chi connectivity index (χ4v) is 3.17. The number of aromatic nitrogens is 1. The van der Waals surface area contributed by atoms with Gasteiger partial charge in [-0.15, -0.1) is 0 Å². The van der Waals surface area contributed by atoms with E-state index >= 15 is 0 Å². The number of amides is 1. The Morgan fingerprint density at radius 1 is 1.29 bits per heavy atom. The maximum Gasteiger partial charge on any atom is 0.227 e. The van der Waals surface area contributed by atoms with E-state index < -0.39 is 0 Å². The summed E-state index contributed by atoms with van der Waals surface area (Å²) in [4.78, 5) is 14.6. The van der Waals surface area contributed by atoms with Gasteiger partial charge < -0.3 is 18.9 Å². The molecule has 6 nitrogen and oxygen atoms in total. The molecular formula is C18H22N2O4. The van der Waals surface area contributed by atoms with Crippen molar-refractivity contribution in [1.82, 2.24) is 10.1 Å². The number of likely N-dealkylation sites (tertiary alicyclic amines) is 1. The molecule has 1 saturated heterocycles. The lowest BCUT2D eigenvalue weighted by Crippen LogP contribution is -2.31. The van der Waals surface area contributed by atoms with Crippen LogP contribution in [0.5, 0.6) is 11.5 Å². The third-order valence-electron chi connectivity index (χ3n) is 4.35. The van der Waals surface area contributed by atoms with Gasteiger partial charge in [0.05, 0.1) is 32.4 Å². The topological polar surface area (TPSA) is 64.8 Å².